The molecule has 20 heavy (non-hydrogen) atoms. The summed E-state index contributed by atoms with van der Waals surface area (Å²) >= 11 is 0. The quantitative estimate of drug-likeness (QED) is 0.754. The van der Waals surface area contributed by atoms with Gasteiger partial charge in [0.15, 0.2) is 0 Å². The Labute approximate surface area is 122 Å². The molecule has 0 spiro atoms. The third-order valence-corrected chi connectivity index (χ3v) is 4.13. The van der Waals surface area contributed by atoms with E-state index in [1.54, 1.807) is 7.11 Å². The topological polar surface area (TPSA) is 60.2 Å². The molecular formula is C15H29N3O2. The molecule has 0 bridgehead atoms. The van der Waals surface area contributed by atoms with Gasteiger partial charge in [-0.05, 0) is 32.7 Å². The van der Waals surface area contributed by atoms with Crippen LogP contribution in [0.4, 0.5) is 0 Å². The van der Waals surface area contributed by atoms with E-state index in [1.807, 2.05) is 6.92 Å². The van der Waals surface area contributed by atoms with Crippen LogP contribution in [0.1, 0.15) is 71.5 Å². The van der Waals surface area contributed by atoms with Crippen LogP contribution in [0.5, 0.6) is 0 Å². The molecule has 0 amide bonds. The van der Waals surface area contributed by atoms with Crippen molar-refractivity contribution < 1.29 is 9.26 Å². The van der Waals surface area contributed by atoms with Crippen LogP contribution < -0.4 is 5.32 Å². The van der Waals surface area contributed by atoms with Crippen LogP contribution in [0.2, 0.25) is 0 Å². The van der Waals surface area contributed by atoms with Gasteiger partial charge >= 0.3 is 0 Å². The predicted octanol–water partition coefficient (Wildman–Crippen LogP) is 3.22. The van der Waals surface area contributed by atoms with Crippen molar-refractivity contribution in [2.24, 2.45) is 0 Å². The third-order valence-electron chi connectivity index (χ3n) is 4.13. The Kier molecular flexibility index (Phi) is 6.62. The summed E-state index contributed by atoms with van der Waals surface area (Å²) in [5.41, 5.74) is -0.472. The van der Waals surface area contributed by atoms with E-state index in [4.69, 9.17) is 9.26 Å². The van der Waals surface area contributed by atoms with Gasteiger partial charge in [0, 0.05) is 13.2 Å². The average molecular weight is 283 g/mol. The minimum Gasteiger partial charge on any atom is -0.370 e. The first kappa shape index (κ1) is 17.1. The van der Waals surface area contributed by atoms with Crippen LogP contribution in [0.3, 0.4) is 0 Å². The molecule has 0 aliphatic carbocycles. The lowest BCUT2D eigenvalue weighted by Crippen LogP contribution is -2.34. The summed E-state index contributed by atoms with van der Waals surface area (Å²) in [6, 6.07) is 0.360. The van der Waals surface area contributed by atoms with Crippen LogP contribution in [0.25, 0.3) is 0 Å². The fourth-order valence-electron chi connectivity index (χ4n) is 2.21. The second-order valence-corrected chi connectivity index (χ2v) is 5.50. The maximum atomic E-state index is 5.52. The highest BCUT2D eigenvalue weighted by atomic mass is 16.5. The van der Waals surface area contributed by atoms with Crippen molar-refractivity contribution in [1.82, 2.24) is 15.5 Å². The molecule has 1 aromatic rings. The molecule has 3 atom stereocenters. The molecular weight excluding hydrogens is 254 g/mol. The maximum Gasteiger partial charge on any atom is 0.231 e. The minimum atomic E-state index is -0.472. The SMILES string of the molecule is CCCNC(CC)C(C)c1nc(C(C)(CC)OC)no1. The Morgan fingerprint density at radius 2 is 2.05 bits per heavy atom. The van der Waals surface area contributed by atoms with Crippen LogP contribution in [0, 0.1) is 0 Å². The summed E-state index contributed by atoms with van der Waals surface area (Å²) in [6.07, 6.45) is 2.96. The van der Waals surface area contributed by atoms with Gasteiger partial charge in [-0.2, -0.15) is 4.98 Å². The van der Waals surface area contributed by atoms with E-state index in [2.05, 4.69) is 43.2 Å². The highest BCUT2D eigenvalue weighted by molar-refractivity contribution is 5.03. The van der Waals surface area contributed by atoms with Crippen molar-refractivity contribution in [3.8, 4) is 0 Å². The lowest BCUT2D eigenvalue weighted by atomic mass is 9.99. The summed E-state index contributed by atoms with van der Waals surface area (Å²) < 4.78 is 11.0. The lowest BCUT2D eigenvalue weighted by Gasteiger charge is -2.22. The molecule has 0 fully saturated rings. The van der Waals surface area contributed by atoms with Gasteiger partial charge in [0.05, 0.1) is 5.92 Å². The van der Waals surface area contributed by atoms with Gasteiger partial charge in [-0.25, -0.2) is 0 Å². The predicted molar refractivity (Wildman–Crippen MR) is 79.7 cm³/mol. The van der Waals surface area contributed by atoms with Crippen molar-refractivity contribution in [3.05, 3.63) is 11.7 Å². The number of methoxy groups -OCH3 is 1. The molecule has 1 heterocycles. The molecule has 0 saturated carbocycles. The standard InChI is InChI=1S/C15H29N3O2/c1-7-10-16-12(8-2)11(4)13-17-14(18-20-13)15(5,9-3)19-6/h11-12,16H,7-10H2,1-6H3. The number of nitrogens with zero attached hydrogens (tertiary/aromatic N) is 2. The van der Waals surface area contributed by atoms with E-state index in [0.29, 0.717) is 17.8 Å². The summed E-state index contributed by atoms with van der Waals surface area (Å²) in [5.74, 6) is 1.52. The highest BCUT2D eigenvalue weighted by Crippen LogP contribution is 2.28. The van der Waals surface area contributed by atoms with Crippen LogP contribution >= 0.6 is 0 Å². The first-order chi connectivity index (χ1) is 9.52. The molecule has 1 rings (SSSR count). The fraction of sp³-hybridized carbons (Fsp3) is 0.867. The molecule has 0 radical (unpaired) electrons. The molecule has 0 saturated heterocycles. The normalized spacial score (nSPS) is 17.7. The van der Waals surface area contributed by atoms with Gasteiger partial charge in [-0.3, -0.25) is 0 Å². The van der Waals surface area contributed by atoms with E-state index >= 15 is 0 Å². The fourth-order valence-corrected chi connectivity index (χ4v) is 2.21. The van der Waals surface area contributed by atoms with Crippen LogP contribution in [0.15, 0.2) is 4.52 Å². The molecule has 0 aliphatic heterocycles. The van der Waals surface area contributed by atoms with Gasteiger partial charge in [0.25, 0.3) is 0 Å². The van der Waals surface area contributed by atoms with Crippen molar-refractivity contribution in [2.45, 2.75) is 71.4 Å². The zero-order valence-electron chi connectivity index (χ0n) is 13.7. The Morgan fingerprint density at radius 1 is 1.35 bits per heavy atom. The molecule has 5 heteroatoms. The number of aromatic nitrogens is 2. The van der Waals surface area contributed by atoms with Crippen LogP contribution in [-0.4, -0.2) is 29.8 Å². The number of hydrogen-bond acceptors (Lipinski definition) is 5. The molecule has 3 unspecified atom stereocenters. The maximum absolute atomic E-state index is 5.52. The van der Waals surface area contributed by atoms with Crippen molar-refractivity contribution in [3.63, 3.8) is 0 Å². The number of hydrogen-bond donors (Lipinski definition) is 1. The van der Waals surface area contributed by atoms with E-state index in [-0.39, 0.29) is 5.92 Å². The smallest absolute Gasteiger partial charge is 0.231 e. The average Bonchev–Trinajstić information content (AvgIpc) is 2.97. The van der Waals surface area contributed by atoms with Crippen molar-refractivity contribution in [1.29, 1.82) is 0 Å². The first-order valence-corrected chi connectivity index (χ1v) is 7.64. The Bertz CT molecular complexity index is 388. The summed E-state index contributed by atoms with van der Waals surface area (Å²) in [7, 11) is 1.68. The third kappa shape index (κ3) is 3.79. The monoisotopic (exact) mass is 283 g/mol. The number of nitrogens with one attached hydrogen (secondary N) is 1. The Hall–Kier alpha value is -0.940. The zero-order chi connectivity index (χ0) is 15.2. The van der Waals surface area contributed by atoms with Gasteiger partial charge in [0.1, 0.15) is 5.60 Å². The highest BCUT2D eigenvalue weighted by Gasteiger charge is 2.32. The van der Waals surface area contributed by atoms with Crippen molar-refractivity contribution >= 4 is 0 Å². The second-order valence-electron chi connectivity index (χ2n) is 5.50. The van der Waals surface area contributed by atoms with Gasteiger partial charge in [0.2, 0.25) is 11.7 Å². The molecule has 1 N–H and O–H groups in total. The second kappa shape index (κ2) is 7.74. The first-order valence-electron chi connectivity index (χ1n) is 7.64. The Morgan fingerprint density at radius 3 is 2.55 bits per heavy atom. The van der Waals surface area contributed by atoms with Crippen LogP contribution in [-0.2, 0) is 10.3 Å². The Balaban J connectivity index is 2.84. The summed E-state index contributed by atoms with van der Waals surface area (Å²) in [4.78, 5) is 4.56. The summed E-state index contributed by atoms with van der Waals surface area (Å²) in [5, 5.41) is 7.64. The van der Waals surface area contributed by atoms with E-state index < -0.39 is 5.60 Å². The van der Waals surface area contributed by atoms with Gasteiger partial charge in [-0.1, -0.05) is 32.9 Å². The van der Waals surface area contributed by atoms with Gasteiger partial charge < -0.3 is 14.6 Å². The van der Waals surface area contributed by atoms with E-state index in [0.717, 1.165) is 25.8 Å². The zero-order valence-corrected chi connectivity index (χ0v) is 13.7. The largest absolute Gasteiger partial charge is 0.370 e. The van der Waals surface area contributed by atoms with E-state index in [9.17, 15) is 0 Å². The molecule has 116 valence electrons. The van der Waals surface area contributed by atoms with Gasteiger partial charge in [-0.15, -0.1) is 0 Å². The molecule has 5 nitrogen and oxygen atoms in total. The number of rotatable bonds is 9. The number of ether oxygens (including phenoxy) is 1. The molecule has 0 aromatic carbocycles. The van der Waals surface area contributed by atoms with E-state index in [1.165, 1.54) is 0 Å². The molecule has 1 aromatic heterocycles. The minimum absolute atomic E-state index is 0.200. The summed E-state index contributed by atoms with van der Waals surface area (Å²) in [6.45, 7) is 11.5. The molecule has 0 aliphatic rings. The van der Waals surface area contributed by atoms with Crippen molar-refractivity contribution in [2.75, 3.05) is 13.7 Å². The lowest BCUT2D eigenvalue weighted by molar-refractivity contribution is -0.0106.